The molecule has 0 fully saturated rings. The summed E-state index contributed by atoms with van der Waals surface area (Å²) in [6.45, 7) is 21.2. The molecule has 12 nitrogen and oxygen atoms in total. The molecule has 1 aromatic carbocycles. The maximum absolute atomic E-state index is 9.36. The second-order valence-corrected chi connectivity index (χ2v) is 13.6. The molecule has 0 aliphatic rings. The van der Waals surface area contributed by atoms with Gasteiger partial charge in [-0.1, -0.05) is 0 Å². The van der Waals surface area contributed by atoms with E-state index in [4.69, 9.17) is 20.8 Å². The molecule has 0 aliphatic heterocycles. The Bertz CT molecular complexity index is 1350. The number of aryl methyl sites for hydroxylation is 2. The van der Waals surface area contributed by atoms with Crippen LogP contribution in [0.5, 0.6) is 0 Å². The number of aliphatic hydroxyl groups is 2. The van der Waals surface area contributed by atoms with E-state index in [0.717, 1.165) is 29.9 Å². The Morgan fingerprint density at radius 3 is 1.89 bits per heavy atom. The average molecular weight is 660 g/mol. The van der Waals surface area contributed by atoms with Crippen molar-refractivity contribution in [2.24, 2.45) is 10.2 Å². The normalized spacial score (nSPS) is 12.1. The Labute approximate surface area is 279 Å². The lowest BCUT2D eigenvalue weighted by molar-refractivity contribution is -0.891. The zero-order valence-electron chi connectivity index (χ0n) is 28.7. The van der Waals surface area contributed by atoms with Crippen molar-refractivity contribution in [2.75, 3.05) is 125 Å². The van der Waals surface area contributed by atoms with Crippen LogP contribution >= 0.6 is 11.3 Å². The van der Waals surface area contributed by atoms with Crippen molar-refractivity contribution in [3.8, 4) is 6.07 Å². The third-order valence-corrected chi connectivity index (χ3v) is 8.96. The Morgan fingerprint density at radius 2 is 1.37 bits per heavy atom. The summed E-state index contributed by atoms with van der Waals surface area (Å²) in [7, 11) is 8.31. The minimum absolute atomic E-state index is 0.148. The first-order valence-electron chi connectivity index (χ1n) is 15.7. The molecule has 0 saturated carbocycles. The standard InChI is InChI=1S/C33H53N7O5S/c1-26-24-30(27(2)23-29(26)36-37-33-32(35-4)28(3)31(25-34)46-33)38(9-17-43-19-13-39(5,6)11-15-41)10-18-44-21-22-45-20-14-40(7,8)12-16-42/h23-24,41-42H,9-22H2,1-3,5-8H3/q+2. The van der Waals surface area contributed by atoms with Crippen molar-refractivity contribution < 1.29 is 33.4 Å². The fraction of sp³-hybridized carbons (Fsp3) is 0.636. The molecular weight excluding hydrogens is 606 g/mol. The number of rotatable bonds is 22. The van der Waals surface area contributed by atoms with Gasteiger partial charge in [-0.05, 0) is 49.6 Å². The van der Waals surface area contributed by atoms with Gasteiger partial charge in [0.25, 0.3) is 0 Å². The van der Waals surface area contributed by atoms with Gasteiger partial charge in [-0.15, -0.1) is 11.3 Å². The summed E-state index contributed by atoms with van der Waals surface area (Å²) >= 11 is 1.18. The summed E-state index contributed by atoms with van der Waals surface area (Å²) in [5, 5.41) is 37.1. The third kappa shape index (κ3) is 13.0. The molecule has 1 heterocycles. The lowest BCUT2D eigenvalue weighted by Crippen LogP contribution is -2.44. The number of azo groups is 1. The molecule has 46 heavy (non-hydrogen) atoms. The maximum atomic E-state index is 9.36. The van der Waals surface area contributed by atoms with E-state index < -0.39 is 0 Å². The van der Waals surface area contributed by atoms with Gasteiger partial charge >= 0.3 is 0 Å². The highest BCUT2D eigenvalue weighted by atomic mass is 32.1. The topological polar surface area (TPSA) is 124 Å². The van der Waals surface area contributed by atoms with E-state index in [-0.39, 0.29) is 13.2 Å². The van der Waals surface area contributed by atoms with Crippen LogP contribution in [0.25, 0.3) is 4.85 Å². The summed E-state index contributed by atoms with van der Waals surface area (Å²) < 4.78 is 19.1. The van der Waals surface area contributed by atoms with Crippen LogP contribution in [0.3, 0.4) is 0 Å². The second kappa shape index (κ2) is 19.6. The second-order valence-electron chi connectivity index (χ2n) is 12.6. The summed E-state index contributed by atoms with van der Waals surface area (Å²) in [6.07, 6.45) is 0. The van der Waals surface area contributed by atoms with Crippen LogP contribution in [0.15, 0.2) is 22.4 Å². The number of hydrogen-bond acceptors (Lipinski definition) is 10. The molecule has 254 valence electrons. The van der Waals surface area contributed by atoms with Crippen LogP contribution in [-0.2, 0) is 14.2 Å². The predicted octanol–water partition coefficient (Wildman–Crippen LogP) is 4.50. The van der Waals surface area contributed by atoms with Crippen LogP contribution in [0.2, 0.25) is 0 Å². The SMILES string of the molecule is [C-]#[N+]c1c(N=Nc2cc(C)c(N(CCOCCOCC[N+](C)(C)CCO)CCOCC[N+](C)(C)CCO)cc2C)sc(C#N)c1C. The van der Waals surface area contributed by atoms with Gasteiger partial charge in [-0.25, -0.2) is 4.85 Å². The molecule has 13 heteroatoms. The van der Waals surface area contributed by atoms with Crippen LogP contribution in [0.1, 0.15) is 21.6 Å². The highest BCUT2D eigenvalue weighted by Gasteiger charge is 2.17. The van der Waals surface area contributed by atoms with Gasteiger partial charge in [0.2, 0.25) is 5.69 Å². The predicted molar refractivity (Wildman–Crippen MR) is 183 cm³/mol. The van der Waals surface area contributed by atoms with Crippen LogP contribution in [0.4, 0.5) is 22.1 Å². The molecule has 0 amide bonds. The number of quaternary nitrogens is 2. The van der Waals surface area contributed by atoms with Gasteiger partial charge in [0.1, 0.15) is 37.2 Å². The van der Waals surface area contributed by atoms with Crippen molar-refractivity contribution >= 4 is 33.4 Å². The summed E-state index contributed by atoms with van der Waals surface area (Å²) in [4.78, 5) is 6.30. The number of likely N-dealkylation sites (N-methyl/N-ethyl adjacent to an activating group) is 2. The molecule has 0 atom stereocenters. The minimum atomic E-state index is 0.148. The first-order chi connectivity index (χ1) is 21.9. The van der Waals surface area contributed by atoms with Gasteiger partial charge in [0.15, 0.2) is 0 Å². The van der Waals surface area contributed by atoms with Crippen molar-refractivity contribution in [3.05, 3.63) is 45.1 Å². The maximum Gasteiger partial charge on any atom is 0.229 e. The molecule has 2 N–H and O–H groups in total. The molecule has 0 aliphatic carbocycles. The number of nitriles is 1. The Kier molecular flexibility index (Phi) is 16.7. The molecule has 0 unspecified atom stereocenters. The van der Waals surface area contributed by atoms with E-state index in [1.807, 2.05) is 19.9 Å². The number of aliphatic hydroxyl groups excluding tert-OH is 2. The average Bonchev–Trinajstić information content (AvgIpc) is 3.31. The Hall–Kier alpha value is -2.98. The van der Waals surface area contributed by atoms with E-state index in [1.54, 1.807) is 6.92 Å². The lowest BCUT2D eigenvalue weighted by atomic mass is 10.1. The quantitative estimate of drug-likeness (QED) is 0.0826. The van der Waals surface area contributed by atoms with Gasteiger partial charge in [0.05, 0.1) is 98.2 Å². The van der Waals surface area contributed by atoms with E-state index in [9.17, 15) is 15.5 Å². The highest BCUT2D eigenvalue weighted by Crippen LogP contribution is 2.42. The van der Waals surface area contributed by atoms with E-state index in [0.29, 0.717) is 102 Å². The van der Waals surface area contributed by atoms with Crippen molar-refractivity contribution in [1.29, 1.82) is 5.26 Å². The van der Waals surface area contributed by atoms with Crippen LogP contribution in [-0.4, -0.2) is 139 Å². The van der Waals surface area contributed by atoms with Crippen molar-refractivity contribution in [2.45, 2.75) is 20.8 Å². The first-order valence-corrected chi connectivity index (χ1v) is 16.5. The van der Waals surface area contributed by atoms with Crippen molar-refractivity contribution in [3.63, 3.8) is 0 Å². The number of nitrogens with zero attached hydrogens (tertiary/aromatic N) is 7. The highest BCUT2D eigenvalue weighted by molar-refractivity contribution is 7.17. The van der Waals surface area contributed by atoms with Gasteiger partial charge in [-0.2, -0.15) is 15.5 Å². The van der Waals surface area contributed by atoms with Gasteiger partial charge in [-0.3, -0.25) is 0 Å². The number of ether oxygens (including phenoxy) is 3. The minimum Gasteiger partial charge on any atom is -0.391 e. The van der Waals surface area contributed by atoms with E-state index in [2.05, 4.69) is 60.3 Å². The van der Waals surface area contributed by atoms with Crippen molar-refractivity contribution in [1.82, 2.24) is 0 Å². The fourth-order valence-electron chi connectivity index (χ4n) is 4.64. The first kappa shape index (κ1) is 39.2. The molecule has 0 bridgehead atoms. The van der Waals surface area contributed by atoms with Gasteiger partial charge in [0, 0.05) is 18.8 Å². The van der Waals surface area contributed by atoms with E-state index >= 15 is 0 Å². The molecular formula is C33H53N7O5S+2. The Morgan fingerprint density at radius 1 is 0.826 bits per heavy atom. The summed E-state index contributed by atoms with van der Waals surface area (Å²) in [6, 6.07) is 6.22. The smallest absolute Gasteiger partial charge is 0.229 e. The van der Waals surface area contributed by atoms with E-state index in [1.165, 1.54) is 11.3 Å². The molecule has 0 saturated heterocycles. The molecule has 2 aromatic rings. The van der Waals surface area contributed by atoms with Crippen LogP contribution in [0, 0.1) is 38.7 Å². The number of thiophene rings is 1. The summed E-state index contributed by atoms with van der Waals surface area (Å²) in [5.41, 5.74) is 4.74. The van der Waals surface area contributed by atoms with Crippen LogP contribution < -0.4 is 4.90 Å². The summed E-state index contributed by atoms with van der Waals surface area (Å²) in [5.74, 6) is 0. The molecule has 2 rings (SSSR count). The molecule has 0 spiro atoms. The fourth-order valence-corrected chi connectivity index (χ4v) is 5.51. The molecule has 0 radical (unpaired) electrons. The lowest BCUT2D eigenvalue weighted by Gasteiger charge is -2.29. The zero-order valence-corrected chi connectivity index (χ0v) is 29.5. The number of hydrogen-bond donors (Lipinski definition) is 2. The third-order valence-electron chi connectivity index (χ3n) is 7.89. The van der Waals surface area contributed by atoms with Gasteiger partial charge < -0.3 is 38.3 Å². The number of benzene rings is 1. The Balaban J connectivity index is 2.07. The largest absolute Gasteiger partial charge is 0.391 e. The number of anilines is 1. The zero-order chi connectivity index (χ0) is 34.2. The monoisotopic (exact) mass is 659 g/mol. The molecule has 1 aromatic heterocycles.